The molecular formula is C22H30Cl2O2. The molecule has 2 rings (SSSR count). The molecule has 0 bridgehead atoms. The molecule has 2 aromatic rings. The van der Waals surface area contributed by atoms with Crippen molar-refractivity contribution < 1.29 is 9.47 Å². The topological polar surface area (TPSA) is 18.5 Å². The maximum Gasteiger partial charge on any atom is 0.119 e. The van der Waals surface area contributed by atoms with Gasteiger partial charge in [-0.05, 0) is 60.7 Å². The second-order valence-electron chi connectivity index (χ2n) is 6.57. The summed E-state index contributed by atoms with van der Waals surface area (Å²) < 4.78 is 11.7. The summed E-state index contributed by atoms with van der Waals surface area (Å²) in [6.45, 7) is 1.53. The Bertz CT molecular complexity index is 575. The molecule has 0 aliphatic heterocycles. The first-order valence-corrected chi connectivity index (χ1v) is 10.8. The first kappa shape index (κ1) is 21.2. The van der Waals surface area contributed by atoms with Crippen molar-refractivity contribution in [2.75, 3.05) is 25.0 Å². The first-order valence-electron chi connectivity index (χ1n) is 9.75. The van der Waals surface area contributed by atoms with Crippen LogP contribution in [-0.2, 0) is 0 Å². The molecule has 0 spiro atoms. The lowest BCUT2D eigenvalue weighted by Gasteiger charge is -2.09. The predicted octanol–water partition coefficient (Wildman–Crippen LogP) is 7.20. The Morgan fingerprint density at radius 1 is 0.538 bits per heavy atom. The number of halogens is 2. The van der Waals surface area contributed by atoms with Gasteiger partial charge in [0.1, 0.15) is 11.5 Å². The van der Waals surface area contributed by atoms with Crippen molar-refractivity contribution in [2.45, 2.75) is 51.4 Å². The molecule has 26 heavy (non-hydrogen) atoms. The Morgan fingerprint density at radius 3 is 1.38 bits per heavy atom. The van der Waals surface area contributed by atoms with Crippen molar-refractivity contribution in [3.05, 3.63) is 36.4 Å². The molecule has 0 aliphatic carbocycles. The van der Waals surface area contributed by atoms with Crippen molar-refractivity contribution >= 4 is 34.0 Å². The van der Waals surface area contributed by atoms with Crippen LogP contribution in [0.5, 0.6) is 11.5 Å². The van der Waals surface area contributed by atoms with Gasteiger partial charge in [-0.25, -0.2) is 0 Å². The number of benzene rings is 2. The van der Waals surface area contributed by atoms with Gasteiger partial charge in [-0.1, -0.05) is 37.8 Å². The molecule has 144 valence electrons. The molecule has 0 N–H and O–H groups in total. The van der Waals surface area contributed by atoms with Gasteiger partial charge in [-0.15, -0.1) is 23.2 Å². The molecule has 0 heterocycles. The SMILES string of the molecule is ClCCCCCCOc1ccc2cc(OCCCCCCCl)ccc2c1. The van der Waals surface area contributed by atoms with Crippen LogP contribution in [0.3, 0.4) is 0 Å². The van der Waals surface area contributed by atoms with E-state index >= 15 is 0 Å². The van der Waals surface area contributed by atoms with Gasteiger partial charge in [0.25, 0.3) is 0 Å². The maximum absolute atomic E-state index is 5.86. The van der Waals surface area contributed by atoms with E-state index in [0.29, 0.717) is 0 Å². The molecular weight excluding hydrogens is 367 g/mol. The molecule has 0 fully saturated rings. The standard InChI is InChI=1S/C22H30Cl2O2/c23-13-5-1-3-7-15-25-21-11-9-20-18-22(12-10-19(20)17-21)26-16-8-4-2-6-14-24/h9-12,17-18H,1-8,13-16H2. The number of hydrogen-bond acceptors (Lipinski definition) is 2. The minimum atomic E-state index is 0.755. The van der Waals surface area contributed by atoms with E-state index in [2.05, 4.69) is 24.3 Å². The zero-order valence-electron chi connectivity index (χ0n) is 15.5. The fraction of sp³-hybridized carbons (Fsp3) is 0.545. The summed E-state index contributed by atoms with van der Waals surface area (Å²) in [6, 6.07) is 12.5. The highest BCUT2D eigenvalue weighted by molar-refractivity contribution is 6.18. The van der Waals surface area contributed by atoms with Gasteiger partial charge >= 0.3 is 0 Å². The number of hydrogen-bond donors (Lipinski definition) is 0. The average Bonchev–Trinajstić information content (AvgIpc) is 2.67. The van der Waals surface area contributed by atoms with Crippen LogP contribution in [0, 0.1) is 0 Å². The summed E-state index contributed by atoms with van der Waals surface area (Å²) in [5, 5.41) is 2.36. The van der Waals surface area contributed by atoms with Crippen LogP contribution < -0.4 is 9.47 Å². The molecule has 0 aromatic heterocycles. The zero-order chi connectivity index (χ0) is 18.5. The van der Waals surface area contributed by atoms with E-state index in [9.17, 15) is 0 Å². The Labute approximate surface area is 167 Å². The fourth-order valence-electron chi connectivity index (χ4n) is 2.86. The highest BCUT2D eigenvalue weighted by atomic mass is 35.5. The van der Waals surface area contributed by atoms with Crippen molar-refractivity contribution in [3.8, 4) is 11.5 Å². The quantitative estimate of drug-likeness (QED) is 0.248. The Balaban J connectivity index is 1.76. The molecule has 0 saturated heterocycles. The smallest absolute Gasteiger partial charge is 0.119 e. The molecule has 0 saturated carbocycles. The Kier molecular flexibility index (Phi) is 10.7. The molecule has 0 aliphatic rings. The van der Waals surface area contributed by atoms with E-state index < -0.39 is 0 Å². The number of unbranched alkanes of at least 4 members (excludes halogenated alkanes) is 6. The third-order valence-electron chi connectivity index (χ3n) is 4.38. The van der Waals surface area contributed by atoms with Crippen LogP contribution in [0.15, 0.2) is 36.4 Å². The summed E-state index contributed by atoms with van der Waals surface area (Å²) in [5.74, 6) is 3.38. The van der Waals surface area contributed by atoms with Gasteiger partial charge in [-0.3, -0.25) is 0 Å². The van der Waals surface area contributed by atoms with E-state index in [0.717, 1.165) is 62.2 Å². The molecule has 4 heteroatoms. The molecule has 2 nitrogen and oxygen atoms in total. The fourth-order valence-corrected chi connectivity index (χ4v) is 3.24. The van der Waals surface area contributed by atoms with E-state index in [4.69, 9.17) is 32.7 Å². The van der Waals surface area contributed by atoms with Crippen LogP contribution in [0.1, 0.15) is 51.4 Å². The van der Waals surface area contributed by atoms with Gasteiger partial charge in [0.05, 0.1) is 13.2 Å². The van der Waals surface area contributed by atoms with Crippen LogP contribution in [0.25, 0.3) is 10.8 Å². The number of fused-ring (bicyclic) bond motifs is 1. The third kappa shape index (κ3) is 8.05. The largest absolute Gasteiger partial charge is 0.494 e. The van der Waals surface area contributed by atoms with Crippen molar-refractivity contribution in [3.63, 3.8) is 0 Å². The summed E-state index contributed by atoms with van der Waals surface area (Å²) in [5.41, 5.74) is 0. The minimum Gasteiger partial charge on any atom is -0.494 e. The number of ether oxygens (including phenoxy) is 2. The number of rotatable bonds is 14. The van der Waals surface area contributed by atoms with Gasteiger partial charge in [0, 0.05) is 11.8 Å². The number of alkyl halides is 2. The lowest BCUT2D eigenvalue weighted by molar-refractivity contribution is 0.304. The summed E-state index contributed by atoms with van der Waals surface area (Å²) in [7, 11) is 0. The van der Waals surface area contributed by atoms with Crippen LogP contribution in [0.4, 0.5) is 0 Å². The van der Waals surface area contributed by atoms with Gasteiger partial charge in [-0.2, -0.15) is 0 Å². The molecule has 0 atom stereocenters. The molecule has 0 unspecified atom stereocenters. The minimum absolute atomic E-state index is 0.755. The van der Waals surface area contributed by atoms with Gasteiger partial charge < -0.3 is 9.47 Å². The maximum atomic E-state index is 5.86. The second kappa shape index (κ2) is 13.1. The van der Waals surface area contributed by atoms with E-state index in [1.807, 2.05) is 12.1 Å². The molecule has 0 radical (unpaired) electrons. The van der Waals surface area contributed by atoms with E-state index in [1.165, 1.54) is 36.5 Å². The third-order valence-corrected chi connectivity index (χ3v) is 4.91. The second-order valence-corrected chi connectivity index (χ2v) is 7.33. The van der Waals surface area contributed by atoms with Gasteiger partial charge in [0.2, 0.25) is 0 Å². The van der Waals surface area contributed by atoms with Crippen molar-refractivity contribution in [1.29, 1.82) is 0 Å². The highest BCUT2D eigenvalue weighted by Gasteiger charge is 2.01. The van der Waals surface area contributed by atoms with Crippen LogP contribution in [0.2, 0.25) is 0 Å². The van der Waals surface area contributed by atoms with Crippen LogP contribution >= 0.6 is 23.2 Å². The summed E-state index contributed by atoms with van der Waals surface area (Å²) in [4.78, 5) is 0. The Morgan fingerprint density at radius 2 is 0.962 bits per heavy atom. The van der Waals surface area contributed by atoms with Gasteiger partial charge in [0.15, 0.2) is 0 Å². The zero-order valence-corrected chi connectivity index (χ0v) is 17.0. The molecule has 2 aromatic carbocycles. The highest BCUT2D eigenvalue weighted by Crippen LogP contribution is 2.25. The Hall–Kier alpha value is -1.12. The van der Waals surface area contributed by atoms with Crippen molar-refractivity contribution in [1.82, 2.24) is 0 Å². The van der Waals surface area contributed by atoms with Crippen LogP contribution in [-0.4, -0.2) is 25.0 Å². The molecule has 0 amide bonds. The summed E-state index contributed by atoms with van der Waals surface area (Å²) >= 11 is 11.4. The lowest BCUT2D eigenvalue weighted by Crippen LogP contribution is -1.98. The van der Waals surface area contributed by atoms with E-state index in [1.54, 1.807) is 0 Å². The monoisotopic (exact) mass is 396 g/mol. The lowest BCUT2D eigenvalue weighted by atomic mass is 10.1. The summed E-state index contributed by atoms with van der Waals surface area (Å²) in [6.07, 6.45) is 9.05. The van der Waals surface area contributed by atoms with Crippen molar-refractivity contribution in [2.24, 2.45) is 0 Å². The normalized spacial score (nSPS) is 11.0. The predicted molar refractivity (Wildman–Crippen MR) is 113 cm³/mol. The first-order chi connectivity index (χ1) is 12.8. The van der Waals surface area contributed by atoms with E-state index in [-0.39, 0.29) is 0 Å². The average molecular weight is 397 g/mol.